The van der Waals surface area contributed by atoms with Gasteiger partial charge in [-0.25, -0.2) is 0 Å². The molecule has 1 N–H and O–H groups in total. The number of nitrogens with one attached hydrogen (secondary N) is 1. The van der Waals surface area contributed by atoms with E-state index in [1.807, 2.05) is 0 Å². The summed E-state index contributed by atoms with van der Waals surface area (Å²) < 4.78 is 0. The fraction of sp³-hybridized carbons (Fsp3) is 0.625. The molecule has 0 aromatic rings. The molecule has 0 radical (unpaired) electrons. The van der Waals surface area contributed by atoms with Crippen molar-refractivity contribution in [2.45, 2.75) is 27.2 Å². The third kappa shape index (κ3) is 5.84. The van der Waals surface area contributed by atoms with Crippen molar-refractivity contribution in [3.05, 3.63) is 0 Å². The standard InChI is InChI=1S/C8H14N2O3/c1-6(11)4-5-10(8(3)13)9-7(2)12/h4-5H2,1-3H3,(H,9,12). The largest absolute Gasteiger partial charge is 0.300 e. The zero-order valence-corrected chi connectivity index (χ0v) is 8.09. The van der Waals surface area contributed by atoms with E-state index in [1.54, 1.807) is 0 Å². The summed E-state index contributed by atoms with van der Waals surface area (Å²) in [5.74, 6) is -0.619. The number of hydrogen-bond donors (Lipinski definition) is 1. The van der Waals surface area contributed by atoms with Crippen LogP contribution in [-0.2, 0) is 14.4 Å². The molecule has 0 atom stereocenters. The van der Waals surface area contributed by atoms with Gasteiger partial charge in [0.15, 0.2) is 0 Å². The van der Waals surface area contributed by atoms with Crippen LogP contribution in [0.4, 0.5) is 0 Å². The first-order valence-electron chi connectivity index (χ1n) is 3.98. The van der Waals surface area contributed by atoms with Gasteiger partial charge in [-0.05, 0) is 6.92 Å². The van der Waals surface area contributed by atoms with Crippen LogP contribution in [-0.4, -0.2) is 29.2 Å². The van der Waals surface area contributed by atoms with Crippen molar-refractivity contribution in [2.24, 2.45) is 0 Å². The van der Waals surface area contributed by atoms with Gasteiger partial charge >= 0.3 is 0 Å². The molecule has 0 unspecified atom stereocenters. The van der Waals surface area contributed by atoms with Gasteiger partial charge in [0, 0.05) is 26.8 Å². The molecule has 0 heterocycles. The van der Waals surface area contributed by atoms with Crippen molar-refractivity contribution in [3.8, 4) is 0 Å². The predicted molar refractivity (Wildman–Crippen MR) is 46.5 cm³/mol. The second-order valence-electron chi connectivity index (χ2n) is 2.79. The Morgan fingerprint density at radius 1 is 1.15 bits per heavy atom. The topological polar surface area (TPSA) is 66.5 Å². The quantitative estimate of drug-likeness (QED) is 0.624. The van der Waals surface area contributed by atoms with E-state index in [1.165, 1.54) is 20.8 Å². The molecule has 0 rings (SSSR count). The van der Waals surface area contributed by atoms with Gasteiger partial charge in [-0.3, -0.25) is 24.8 Å². The number of ketones is 1. The first-order valence-corrected chi connectivity index (χ1v) is 3.98. The van der Waals surface area contributed by atoms with Gasteiger partial charge in [-0.15, -0.1) is 0 Å². The van der Waals surface area contributed by atoms with Crippen molar-refractivity contribution in [1.82, 2.24) is 10.4 Å². The zero-order valence-electron chi connectivity index (χ0n) is 8.09. The van der Waals surface area contributed by atoms with E-state index in [4.69, 9.17) is 0 Å². The minimum Gasteiger partial charge on any atom is -0.300 e. The van der Waals surface area contributed by atoms with Crippen LogP contribution in [0.25, 0.3) is 0 Å². The van der Waals surface area contributed by atoms with Crippen LogP contribution < -0.4 is 5.43 Å². The highest BCUT2D eigenvalue weighted by Crippen LogP contribution is 1.89. The third-order valence-corrected chi connectivity index (χ3v) is 1.36. The normalized spacial score (nSPS) is 9.15. The Hall–Kier alpha value is -1.39. The molecular formula is C8H14N2O3. The second kappa shape index (κ2) is 5.29. The number of nitrogens with zero attached hydrogens (tertiary/aromatic N) is 1. The van der Waals surface area contributed by atoms with Crippen LogP contribution in [0.2, 0.25) is 0 Å². The lowest BCUT2D eigenvalue weighted by Gasteiger charge is -2.19. The first-order chi connectivity index (χ1) is 5.93. The summed E-state index contributed by atoms with van der Waals surface area (Å²) in [6.45, 7) is 4.30. The Bertz CT molecular complexity index is 225. The van der Waals surface area contributed by atoms with E-state index in [-0.39, 0.29) is 30.6 Å². The van der Waals surface area contributed by atoms with Crippen molar-refractivity contribution >= 4 is 17.6 Å². The lowest BCUT2D eigenvalue weighted by molar-refractivity contribution is -0.139. The van der Waals surface area contributed by atoms with Crippen LogP contribution in [0.5, 0.6) is 0 Å². The monoisotopic (exact) mass is 186 g/mol. The number of amides is 2. The summed E-state index contributed by atoms with van der Waals surface area (Å²) in [5.41, 5.74) is 2.33. The number of Topliss-reactive ketones (excluding diaryl/α,β-unsaturated/α-hetero) is 1. The van der Waals surface area contributed by atoms with E-state index in [0.717, 1.165) is 5.01 Å². The van der Waals surface area contributed by atoms with Gasteiger partial charge in [0.25, 0.3) is 0 Å². The van der Waals surface area contributed by atoms with E-state index >= 15 is 0 Å². The molecule has 0 fully saturated rings. The average Bonchev–Trinajstić information content (AvgIpc) is 1.96. The Kier molecular flexibility index (Phi) is 4.72. The highest BCUT2D eigenvalue weighted by atomic mass is 16.2. The molecular weight excluding hydrogens is 172 g/mol. The number of rotatable bonds is 3. The number of carbonyl (C=O) groups is 3. The van der Waals surface area contributed by atoms with Crippen LogP contribution in [0.1, 0.15) is 27.2 Å². The highest BCUT2D eigenvalue weighted by Gasteiger charge is 2.09. The molecule has 2 amide bonds. The summed E-state index contributed by atoms with van der Waals surface area (Å²) in [6.07, 6.45) is 0.250. The molecule has 0 spiro atoms. The predicted octanol–water partition coefficient (Wildman–Crippen LogP) is -0.135. The first kappa shape index (κ1) is 11.6. The van der Waals surface area contributed by atoms with Gasteiger partial charge in [-0.1, -0.05) is 0 Å². The van der Waals surface area contributed by atoms with Crippen molar-refractivity contribution in [1.29, 1.82) is 0 Å². The summed E-state index contributed by atoms with van der Waals surface area (Å²) >= 11 is 0. The van der Waals surface area contributed by atoms with Crippen LogP contribution >= 0.6 is 0 Å². The lowest BCUT2D eigenvalue weighted by atomic mass is 10.3. The molecule has 74 valence electrons. The summed E-state index contributed by atoms with van der Waals surface area (Å²) in [4.78, 5) is 32.1. The average molecular weight is 186 g/mol. The van der Waals surface area contributed by atoms with Gasteiger partial charge in [0.2, 0.25) is 11.8 Å². The van der Waals surface area contributed by atoms with Gasteiger partial charge in [-0.2, -0.15) is 0 Å². The maximum Gasteiger partial charge on any atom is 0.237 e. The van der Waals surface area contributed by atoms with Crippen molar-refractivity contribution in [3.63, 3.8) is 0 Å². The Morgan fingerprint density at radius 3 is 2.00 bits per heavy atom. The summed E-state index contributed by atoms with van der Waals surface area (Å²) in [5, 5.41) is 1.13. The van der Waals surface area contributed by atoms with Crippen molar-refractivity contribution in [2.75, 3.05) is 6.54 Å². The van der Waals surface area contributed by atoms with Crippen LogP contribution in [0.3, 0.4) is 0 Å². The molecule has 0 saturated heterocycles. The molecule has 13 heavy (non-hydrogen) atoms. The Labute approximate surface area is 77.1 Å². The minimum atomic E-state index is -0.321. The molecule has 0 aliphatic heterocycles. The maximum absolute atomic E-state index is 10.9. The molecule has 0 aromatic carbocycles. The minimum absolute atomic E-state index is 0.0170. The fourth-order valence-corrected chi connectivity index (χ4v) is 0.751. The molecule has 0 aliphatic rings. The molecule has 0 aromatic heterocycles. The van der Waals surface area contributed by atoms with E-state index in [9.17, 15) is 14.4 Å². The molecule has 0 saturated carbocycles. The van der Waals surface area contributed by atoms with Gasteiger partial charge in [0.1, 0.15) is 5.78 Å². The molecule has 0 aliphatic carbocycles. The van der Waals surface area contributed by atoms with Gasteiger partial charge < -0.3 is 0 Å². The van der Waals surface area contributed by atoms with Crippen molar-refractivity contribution < 1.29 is 14.4 Å². The summed E-state index contributed by atoms with van der Waals surface area (Å²) in [7, 11) is 0. The molecule has 0 bridgehead atoms. The lowest BCUT2D eigenvalue weighted by Crippen LogP contribution is -2.45. The van der Waals surface area contributed by atoms with E-state index < -0.39 is 0 Å². The maximum atomic E-state index is 10.9. The van der Waals surface area contributed by atoms with E-state index in [0.29, 0.717) is 0 Å². The third-order valence-electron chi connectivity index (χ3n) is 1.36. The fourth-order valence-electron chi connectivity index (χ4n) is 0.751. The number of carbonyl (C=O) groups excluding carboxylic acids is 3. The number of hydrogen-bond acceptors (Lipinski definition) is 3. The molecule has 5 nitrogen and oxygen atoms in total. The van der Waals surface area contributed by atoms with Crippen LogP contribution in [0.15, 0.2) is 0 Å². The smallest absolute Gasteiger partial charge is 0.237 e. The Morgan fingerprint density at radius 2 is 1.69 bits per heavy atom. The zero-order chi connectivity index (χ0) is 10.4. The highest BCUT2D eigenvalue weighted by molar-refractivity contribution is 5.80. The molecule has 5 heteroatoms. The van der Waals surface area contributed by atoms with Crippen LogP contribution in [0, 0.1) is 0 Å². The number of hydrazine groups is 1. The summed E-state index contributed by atoms with van der Waals surface area (Å²) in [6, 6.07) is 0. The Balaban J connectivity index is 4.02. The SMILES string of the molecule is CC(=O)CCN(NC(C)=O)C(C)=O. The van der Waals surface area contributed by atoms with Gasteiger partial charge in [0.05, 0.1) is 0 Å². The second-order valence-corrected chi connectivity index (χ2v) is 2.79. The van der Waals surface area contributed by atoms with E-state index in [2.05, 4.69) is 5.43 Å².